The molecule has 0 saturated carbocycles. The summed E-state index contributed by atoms with van der Waals surface area (Å²) in [5.74, 6) is 1.71. The Morgan fingerprint density at radius 1 is 0.282 bits per heavy atom. The number of carbonyl (C=O) groups excluding carboxylic acids is 3. The summed E-state index contributed by atoms with van der Waals surface area (Å²) in [6.07, 6.45) is 61.2. The Labute approximate surface area is 444 Å². The lowest BCUT2D eigenvalue weighted by atomic mass is 9.99. The number of hydrogen-bond donors (Lipinski definition) is 0. The fourth-order valence-corrected chi connectivity index (χ4v) is 10.0. The van der Waals surface area contributed by atoms with Crippen LogP contribution in [0.5, 0.6) is 0 Å². The molecule has 1 unspecified atom stereocenters. The third kappa shape index (κ3) is 57.5. The molecule has 0 N–H and O–H groups in total. The van der Waals surface area contributed by atoms with Gasteiger partial charge in [0.2, 0.25) is 0 Å². The van der Waals surface area contributed by atoms with Gasteiger partial charge < -0.3 is 14.2 Å². The molecule has 2 atom stereocenters. The molecule has 0 heterocycles. The monoisotopic (exact) mass is 1000 g/mol. The molecule has 0 radical (unpaired) electrons. The molecule has 0 saturated heterocycles. The van der Waals surface area contributed by atoms with Crippen LogP contribution < -0.4 is 0 Å². The van der Waals surface area contributed by atoms with Gasteiger partial charge in [-0.3, -0.25) is 14.4 Å². The summed E-state index contributed by atoms with van der Waals surface area (Å²) in [5, 5.41) is 0. The van der Waals surface area contributed by atoms with Crippen LogP contribution in [0.15, 0.2) is 0 Å². The standard InChI is InChI=1S/C65H126O6/c1-7-61(6)53-47-41-35-29-25-21-17-13-9-11-15-19-23-27-31-37-44-50-56-65(68)71-62(58-70-64(67)55-49-43-38-32-34-40-46-52-60(4)5)57-69-63(66)54-48-42-36-30-26-22-18-14-10-8-12-16-20-24-28-33-39-45-51-59(2)3/h59-62H,7-58H2,1-6H3/t61?,62-/m0/s1. The summed E-state index contributed by atoms with van der Waals surface area (Å²) in [4.78, 5) is 38.2. The van der Waals surface area contributed by atoms with Gasteiger partial charge in [-0.25, -0.2) is 0 Å². The van der Waals surface area contributed by atoms with E-state index in [1.807, 2.05) is 0 Å². The summed E-state index contributed by atoms with van der Waals surface area (Å²) in [6, 6.07) is 0. The Morgan fingerprint density at radius 2 is 0.493 bits per heavy atom. The fraction of sp³-hybridized carbons (Fsp3) is 0.954. The van der Waals surface area contributed by atoms with Crippen molar-refractivity contribution >= 4 is 17.9 Å². The highest BCUT2D eigenvalue weighted by atomic mass is 16.6. The highest BCUT2D eigenvalue weighted by Gasteiger charge is 2.19. The van der Waals surface area contributed by atoms with Crippen molar-refractivity contribution in [2.75, 3.05) is 13.2 Å². The first-order chi connectivity index (χ1) is 34.6. The first kappa shape index (κ1) is 69.4. The van der Waals surface area contributed by atoms with E-state index >= 15 is 0 Å². The molecular weight excluding hydrogens is 877 g/mol. The van der Waals surface area contributed by atoms with Gasteiger partial charge in [0.25, 0.3) is 0 Å². The van der Waals surface area contributed by atoms with Crippen molar-refractivity contribution in [3.8, 4) is 0 Å². The first-order valence-electron chi connectivity index (χ1n) is 32.1. The Balaban J connectivity index is 4.18. The van der Waals surface area contributed by atoms with Gasteiger partial charge in [-0.05, 0) is 37.0 Å². The van der Waals surface area contributed by atoms with Gasteiger partial charge in [0.15, 0.2) is 6.10 Å². The zero-order chi connectivity index (χ0) is 51.9. The lowest BCUT2D eigenvalue weighted by Gasteiger charge is -2.18. The molecule has 0 bridgehead atoms. The summed E-state index contributed by atoms with van der Waals surface area (Å²) in [5.41, 5.74) is 0. The molecule has 0 aromatic rings. The summed E-state index contributed by atoms with van der Waals surface area (Å²) < 4.78 is 16.9. The molecule has 0 amide bonds. The van der Waals surface area contributed by atoms with Crippen LogP contribution in [-0.4, -0.2) is 37.2 Å². The van der Waals surface area contributed by atoms with E-state index in [0.717, 1.165) is 75.5 Å². The molecule has 0 aliphatic rings. The van der Waals surface area contributed by atoms with E-state index < -0.39 is 6.10 Å². The molecule has 0 aliphatic heterocycles. The molecule has 0 aromatic heterocycles. The van der Waals surface area contributed by atoms with Crippen molar-refractivity contribution in [2.45, 2.75) is 369 Å². The van der Waals surface area contributed by atoms with Gasteiger partial charge in [-0.2, -0.15) is 0 Å². The SMILES string of the molecule is CCC(C)CCCCCCCCCCCCCCCCCCCCC(=O)O[C@@H](COC(=O)CCCCCCCCCCCCCCCCCCCCC(C)C)COC(=O)CCCCCCCCCC(C)C. The molecule has 0 spiro atoms. The maximum atomic E-state index is 12.9. The Bertz CT molecular complexity index is 1100. The van der Waals surface area contributed by atoms with Crippen molar-refractivity contribution in [2.24, 2.45) is 17.8 Å². The Morgan fingerprint density at radius 3 is 0.732 bits per heavy atom. The molecule has 0 aliphatic carbocycles. The second kappa shape index (κ2) is 56.1. The number of unbranched alkanes of at least 4 members (excludes halogenated alkanes) is 40. The molecule has 0 aromatic carbocycles. The van der Waals surface area contributed by atoms with Gasteiger partial charge >= 0.3 is 17.9 Å². The predicted octanol–water partition coefficient (Wildman–Crippen LogP) is 21.5. The van der Waals surface area contributed by atoms with Crippen molar-refractivity contribution in [3.05, 3.63) is 0 Å². The van der Waals surface area contributed by atoms with Crippen molar-refractivity contribution in [1.29, 1.82) is 0 Å². The maximum Gasteiger partial charge on any atom is 0.306 e. The van der Waals surface area contributed by atoms with E-state index in [9.17, 15) is 14.4 Å². The molecule has 0 rings (SSSR count). The molecule has 6 heteroatoms. The normalized spacial score (nSPS) is 12.5. The van der Waals surface area contributed by atoms with Gasteiger partial charge in [-0.15, -0.1) is 0 Å². The quantitative estimate of drug-likeness (QED) is 0.0343. The van der Waals surface area contributed by atoms with Crippen molar-refractivity contribution in [1.82, 2.24) is 0 Å². The molecule has 6 nitrogen and oxygen atoms in total. The second-order valence-corrected chi connectivity index (χ2v) is 23.6. The molecular formula is C65H126O6. The number of hydrogen-bond acceptors (Lipinski definition) is 6. The number of rotatable bonds is 58. The number of carbonyl (C=O) groups is 3. The fourth-order valence-electron chi connectivity index (χ4n) is 10.0. The van der Waals surface area contributed by atoms with Gasteiger partial charge in [0.05, 0.1) is 0 Å². The third-order valence-electron chi connectivity index (χ3n) is 15.3. The van der Waals surface area contributed by atoms with E-state index in [2.05, 4.69) is 41.5 Å². The van der Waals surface area contributed by atoms with Crippen LogP contribution in [0.25, 0.3) is 0 Å². The highest BCUT2D eigenvalue weighted by molar-refractivity contribution is 5.71. The van der Waals surface area contributed by atoms with Crippen molar-refractivity contribution < 1.29 is 28.6 Å². The average molecular weight is 1000 g/mol. The van der Waals surface area contributed by atoms with Crippen LogP contribution in [-0.2, 0) is 28.6 Å². The lowest BCUT2D eigenvalue weighted by molar-refractivity contribution is -0.167. The van der Waals surface area contributed by atoms with Crippen LogP contribution in [0, 0.1) is 17.8 Å². The molecule has 0 fully saturated rings. The molecule has 71 heavy (non-hydrogen) atoms. The largest absolute Gasteiger partial charge is 0.462 e. The predicted molar refractivity (Wildman–Crippen MR) is 307 cm³/mol. The Hall–Kier alpha value is -1.59. The van der Waals surface area contributed by atoms with E-state index in [0.29, 0.717) is 19.3 Å². The van der Waals surface area contributed by atoms with Gasteiger partial charge in [0.1, 0.15) is 13.2 Å². The van der Waals surface area contributed by atoms with Gasteiger partial charge in [0, 0.05) is 19.3 Å². The maximum absolute atomic E-state index is 12.9. The van der Waals surface area contributed by atoms with Crippen LogP contribution in [0.1, 0.15) is 363 Å². The summed E-state index contributed by atoms with van der Waals surface area (Å²) >= 11 is 0. The second-order valence-electron chi connectivity index (χ2n) is 23.6. The first-order valence-corrected chi connectivity index (χ1v) is 32.1. The average Bonchev–Trinajstić information content (AvgIpc) is 3.35. The minimum Gasteiger partial charge on any atom is -0.462 e. The topological polar surface area (TPSA) is 78.9 Å². The molecule has 422 valence electrons. The Kier molecular flexibility index (Phi) is 54.9. The zero-order valence-electron chi connectivity index (χ0n) is 49.0. The van der Waals surface area contributed by atoms with Crippen LogP contribution in [0.3, 0.4) is 0 Å². The van der Waals surface area contributed by atoms with Crippen LogP contribution in [0.4, 0.5) is 0 Å². The third-order valence-corrected chi connectivity index (χ3v) is 15.3. The van der Waals surface area contributed by atoms with E-state index in [1.165, 1.54) is 244 Å². The number of esters is 3. The van der Waals surface area contributed by atoms with E-state index in [1.54, 1.807) is 0 Å². The summed E-state index contributed by atoms with van der Waals surface area (Å²) in [6.45, 7) is 13.8. The van der Waals surface area contributed by atoms with E-state index in [-0.39, 0.29) is 31.1 Å². The highest BCUT2D eigenvalue weighted by Crippen LogP contribution is 2.20. The minimum absolute atomic E-state index is 0.0633. The van der Waals surface area contributed by atoms with E-state index in [4.69, 9.17) is 14.2 Å². The van der Waals surface area contributed by atoms with Crippen LogP contribution >= 0.6 is 0 Å². The zero-order valence-corrected chi connectivity index (χ0v) is 49.0. The minimum atomic E-state index is -0.764. The smallest absolute Gasteiger partial charge is 0.306 e. The van der Waals surface area contributed by atoms with Crippen LogP contribution in [0.2, 0.25) is 0 Å². The summed E-state index contributed by atoms with van der Waals surface area (Å²) in [7, 11) is 0. The van der Waals surface area contributed by atoms with Crippen molar-refractivity contribution in [3.63, 3.8) is 0 Å². The lowest BCUT2D eigenvalue weighted by Crippen LogP contribution is -2.30. The van der Waals surface area contributed by atoms with Gasteiger partial charge in [-0.1, -0.05) is 324 Å². The number of ether oxygens (including phenoxy) is 3.